The quantitative estimate of drug-likeness (QED) is 0.350. The number of likely N-dealkylation sites (N-methyl/N-ethyl adjacent to an activating group) is 1. The van der Waals surface area contributed by atoms with Crippen molar-refractivity contribution in [3.8, 4) is 5.75 Å². The highest BCUT2D eigenvalue weighted by Crippen LogP contribution is 2.50. The molecule has 0 radical (unpaired) electrons. The number of rotatable bonds is 6. The molecule has 2 aliphatic carbocycles. The van der Waals surface area contributed by atoms with E-state index in [1.165, 1.54) is 11.1 Å². The number of sulfonamides is 1. The van der Waals surface area contributed by atoms with Crippen molar-refractivity contribution in [3.63, 3.8) is 0 Å². The van der Waals surface area contributed by atoms with Crippen LogP contribution in [0, 0.1) is 17.8 Å². The van der Waals surface area contributed by atoms with Crippen LogP contribution in [0.1, 0.15) is 80.8 Å². The number of aryl methyl sites for hydroxylation is 1. The average molecular weight is 756 g/mol. The van der Waals surface area contributed by atoms with E-state index in [-0.39, 0.29) is 47.1 Å². The van der Waals surface area contributed by atoms with Gasteiger partial charge >= 0.3 is 0 Å². The summed E-state index contributed by atoms with van der Waals surface area (Å²) in [6.07, 6.45) is 9.23. The molecule has 1 fully saturated rings. The molecule has 12 heteroatoms. The van der Waals surface area contributed by atoms with Crippen LogP contribution in [0.5, 0.6) is 5.75 Å². The Bertz CT molecular complexity index is 1800. The van der Waals surface area contributed by atoms with E-state index in [0.717, 1.165) is 37.8 Å². The zero-order chi connectivity index (χ0) is 37.4. The summed E-state index contributed by atoms with van der Waals surface area (Å²) >= 11 is 6.47. The Kier molecular flexibility index (Phi) is 11.4. The SMILES string of the molecule is COC[C@@H](C)N(C)C(=O)C[C@]1(OC)/C=C\C[C@H](C)[C@@H](C)S(=O)(=O)NC(=O)c2ccc3c(c2)N(C[C@@H]2CC[C@H]21)C[C@@]1(CCCc2cc(Cl)ccc21)CO3. The Morgan fingerprint density at radius 2 is 1.96 bits per heavy atom. The molecule has 7 atom stereocenters. The summed E-state index contributed by atoms with van der Waals surface area (Å²) in [5.41, 5.74) is 2.23. The lowest BCUT2D eigenvalue weighted by atomic mass is 9.62. The fourth-order valence-electron chi connectivity index (χ4n) is 8.80. The smallest absolute Gasteiger partial charge is 0.264 e. The number of hydrogen-bond acceptors (Lipinski definition) is 8. The van der Waals surface area contributed by atoms with Crippen LogP contribution in [-0.2, 0) is 36.1 Å². The number of allylic oxidation sites excluding steroid dienone is 1. The molecule has 1 spiro atoms. The molecular weight excluding hydrogens is 702 g/mol. The number of anilines is 1. The Hall–Kier alpha value is -3.12. The fourth-order valence-corrected chi connectivity index (χ4v) is 10.3. The summed E-state index contributed by atoms with van der Waals surface area (Å²) in [6.45, 7) is 7.61. The standard InChI is InChI=1S/C40H54ClN3O7S/c1-26-9-7-18-40(50-6,21-37(45)43(4)27(2)23-49-5)34-14-11-31(34)22-44-24-39(17-8-10-29-19-32(41)13-15-33(29)39)25-51-36-16-12-30(20-35(36)44)38(46)42-52(47,48)28(26)3/h7,12-13,15-16,18-20,26-28,31,34H,8-11,14,17,21-25H2,1-6H3,(H,42,46)/b18-7-/t26-,27+,28+,31-,34+,39-,40+/m0/s1. The predicted molar refractivity (Wildman–Crippen MR) is 204 cm³/mol. The van der Waals surface area contributed by atoms with Crippen molar-refractivity contribution >= 4 is 39.1 Å². The van der Waals surface area contributed by atoms with E-state index < -0.39 is 26.8 Å². The molecule has 2 heterocycles. The van der Waals surface area contributed by atoms with Gasteiger partial charge in [-0.05, 0) is 112 Å². The van der Waals surface area contributed by atoms with E-state index in [4.69, 9.17) is 25.8 Å². The summed E-state index contributed by atoms with van der Waals surface area (Å²) in [5.74, 6) is -0.193. The maximum absolute atomic E-state index is 13.9. The van der Waals surface area contributed by atoms with Crippen LogP contribution in [0.3, 0.4) is 0 Å². The maximum atomic E-state index is 13.9. The number of carbonyl (C=O) groups is 2. The molecular formula is C40H54ClN3O7S. The van der Waals surface area contributed by atoms with Gasteiger partial charge in [-0.25, -0.2) is 13.1 Å². The second-order valence-corrected chi connectivity index (χ2v) is 18.1. The minimum Gasteiger partial charge on any atom is -0.490 e. The highest BCUT2D eigenvalue weighted by Gasteiger charge is 2.50. The molecule has 2 bridgehead atoms. The topological polar surface area (TPSA) is 114 Å². The molecule has 2 aromatic carbocycles. The van der Waals surface area contributed by atoms with Gasteiger partial charge in [0.2, 0.25) is 15.9 Å². The Morgan fingerprint density at radius 3 is 2.67 bits per heavy atom. The molecule has 1 N–H and O–H groups in total. The van der Waals surface area contributed by atoms with Crippen LogP contribution >= 0.6 is 11.6 Å². The van der Waals surface area contributed by atoms with Gasteiger partial charge in [-0.15, -0.1) is 0 Å². The van der Waals surface area contributed by atoms with E-state index in [1.54, 1.807) is 51.3 Å². The minimum atomic E-state index is -4.02. The molecule has 1 saturated carbocycles. The Balaban J connectivity index is 1.44. The van der Waals surface area contributed by atoms with Crippen molar-refractivity contribution in [2.75, 3.05) is 52.5 Å². The molecule has 10 nitrogen and oxygen atoms in total. The van der Waals surface area contributed by atoms with Crippen molar-refractivity contribution in [1.82, 2.24) is 9.62 Å². The largest absolute Gasteiger partial charge is 0.490 e. The second-order valence-electron chi connectivity index (χ2n) is 15.7. The van der Waals surface area contributed by atoms with Crippen LogP contribution < -0.4 is 14.4 Å². The monoisotopic (exact) mass is 755 g/mol. The highest BCUT2D eigenvalue weighted by molar-refractivity contribution is 7.90. The first-order valence-corrected chi connectivity index (χ1v) is 20.5. The summed E-state index contributed by atoms with van der Waals surface area (Å²) in [4.78, 5) is 31.6. The van der Waals surface area contributed by atoms with E-state index in [0.29, 0.717) is 43.5 Å². The van der Waals surface area contributed by atoms with E-state index in [9.17, 15) is 18.0 Å². The molecule has 6 rings (SSSR count). The van der Waals surface area contributed by atoms with E-state index >= 15 is 0 Å². The first-order chi connectivity index (χ1) is 24.7. The Labute approximate surface area is 314 Å². The van der Waals surface area contributed by atoms with Crippen LogP contribution in [0.2, 0.25) is 5.02 Å². The molecule has 0 unspecified atom stereocenters. The lowest BCUT2D eigenvalue weighted by Gasteiger charge is -2.50. The van der Waals surface area contributed by atoms with Gasteiger partial charge in [0.25, 0.3) is 5.91 Å². The normalized spacial score (nSPS) is 31.1. The first-order valence-electron chi connectivity index (χ1n) is 18.6. The highest BCUT2D eigenvalue weighted by atomic mass is 35.5. The number of benzene rings is 2. The number of carbonyl (C=O) groups excluding carboxylic acids is 2. The first kappa shape index (κ1) is 38.6. The van der Waals surface area contributed by atoms with Gasteiger partial charge in [0.1, 0.15) is 5.75 Å². The van der Waals surface area contributed by atoms with Gasteiger partial charge in [-0.3, -0.25) is 9.59 Å². The lowest BCUT2D eigenvalue weighted by Crippen LogP contribution is -2.54. The van der Waals surface area contributed by atoms with Crippen LogP contribution in [-0.4, -0.2) is 89.6 Å². The molecule has 2 aliphatic heterocycles. The van der Waals surface area contributed by atoms with Gasteiger partial charge in [0.05, 0.1) is 42.2 Å². The number of hydrogen-bond donors (Lipinski definition) is 1. The van der Waals surface area contributed by atoms with Crippen LogP contribution in [0.25, 0.3) is 0 Å². The number of halogens is 1. The molecule has 284 valence electrons. The predicted octanol–water partition coefficient (Wildman–Crippen LogP) is 6.15. The Morgan fingerprint density at radius 1 is 1.17 bits per heavy atom. The van der Waals surface area contributed by atoms with Crippen LogP contribution in [0.4, 0.5) is 5.69 Å². The lowest BCUT2D eigenvalue weighted by molar-refractivity contribution is -0.144. The summed E-state index contributed by atoms with van der Waals surface area (Å²) in [5, 5.41) is -0.142. The van der Waals surface area contributed by atoms with Crippen LogP contribution in [0.15, 0.2) is 48.6 Å². The number of amides is 2. The van der Waals surface area contributed by atoms with E-state index in [1.807, 2.05) is 32.1 Å². The van der Waals surface area contributed by atoms with Gasteiger partial charge in [-0.2, -0.15) is 0 Å². The summed E-state index contributed by atoms with van der Waals surface area (Å²) in [7, 11) is 1.09. The molecule has 2 amide bonds. The van der Waals surface area contributed by atoms with E-state index in [2.05, 4.69) is 21.8 Å². The van der Waals surface area contributed by atoms with Gasteiger partial charge < -0.3 is 24.0 Å². The number of nitrogens with one attached hydrogen (secondary N) is 1. The number of ether oxygens (including phenoxy) is 3. The molecule has 52 heavy (non-hydrogen) atoms. The number of fused-ring (bicyclic) bond motifs is 4. The van der Waals surface area contributed by atoms with Gasteiger partial charge in [0, 0.05) is 50.4 Å². The second kappa shape index (κ2) is 15.3. The number of methoxy groups -OCH3 is 2. The summed E-state index contributed by atoms with van der Waals surface area (Å²) < 4.78 is 47.9. The average Bonchev–Trinajstić information content (AvgIpc) is 3.25. The summed E-state index contributed by atoms with van der Waals surface area (Å²) in [6, 6.07) is 11.2. The van der Waals surface area contributed by atoms with Crippen molar-refractivity contribution in [2.24, 2.45) is 17.8 Å². The van der Waals surface area contributed by atoms with Gasteiger partial charge in [-0.1, -0.05) is 36.7 Å². The van der Waals surface area contributed by atoms with Crippen molar-refractivity contribution in [3.05, 3.63) is 70.3 Å². The third-order valence-corrected chi connectivity index (χ3v) is 14.7. The molecule has 0 aromatic heterocycles. The van der Waals surface area contributed by atoms with Crippen molar-refractivity contribution in [1.29, 1.82) is 0 Å². The third-order valence-electron chi connectivity index (χ3n) is 12.5. The third kappa shape index (κ3) is 7.48. The fraction of sp³-hybridized carbons (Fsp3) is 0.600. The minimum absolute atomic E-state index is 0.0145. The van der Waals surface area contributed by atoms with Crippen molar-refractivity contribution < 1.29 is 32.2 Å². The molecule has 2 aromatic rings. The zero-order valence-corrected chi connectivity index (χ0v) is 32.9. The zero-order valence-electron chi connectivity index (χ0n) is 31.3. The van der Waals surface area contributed by atoms with Crippen molar-refractivity contribution in [2.45, 2.75) is 88.0 Å². The molecule has 4 aliphatic rings. The number of nitrogens with zero attached hydrogens (tertiary/aromatic N) is 2. The van der Waals surface area contributed by atoms with Gasteiger partial charge in [0.15, 0.2) is 0 Å². The molecule has 0 saturated heterocycles. The maximum Gasteiger partial charge on any atom is 0.264 e.